The number of benzene rings is 1. The molecule has 4 N–H and O–H groups in total. The number of nitrogen functional groups attached to an aromatic ring is 1. The van der Waals surface area contributed by atoms with Crippen LogP contribution in [-0.4, -0.2) is 58.4 Å². The fraction of sp³-hybridized carbons (Fsp3) is 0.450. The van der Waals surface area contributed by atoms with E-state index in [0.29, 0.717) is 0 Å². The lowest BCUT2D eigenvalue weighted by Gasteiger charge is -2.25. The Morgan fingerprint density at radius 3 is 2.38 bits per heavy atom. The Kier molecular flexibility index (Phi) is 6.81. The molecule has 2 aromatic rings. The van der Waals surface area contributed by atoms with Crippen LogP contribution in [0.25, 0.3) is 0 Å². The largest absolute Gasteiger partial charge is 0.387 e. The van der Waals surface area contributed by atoms with Gasteiger partial charge in [0.1, 0.15) is 24.1 Å². The second-order valence-electron chi connectivity index (χ2n) is 7.86. The van der Waals surface area contributed by atoms with Crippen molar-refractivity contribution in [3.05, 3.63) is 52.6 Å². The third kappa shape index (κ3) is 4.74. The van der Waals surface area contributed by atoms with Crippen molar-refractivity contribution in [1.82, 2.24) is 9.55 Å². The van der Waals surface area contributed by atoms with Crippen LogP contribution in [0.4, 0.5) is 5.82 Å². The van der Waals surface area contributed by atoms with Gasteiger partial charge < -0.3 is 20.7 Å². The quantitative estimate of drug-likeness (QED) is 0.461. The highest BCUT2D eigenvalue weighted by atomic mass is 32.2. The Morgan fingerprint density at radius 1 is 1.19 bits per heavy atom. The molecule has 1 aromatic carbocycles. The van der Waals surface area contributed by atoms with Crippen LogP contribution in [0.1, 0.15) is 25.6 Å². The van der Waals surface area contributed by atoms with Crippen LogP contribution in [0.3, 0.4) is 0 Å². The average molecular weight is 468 g/mol. The number of aryl methyl sites for hydroxylation is 1. The van der Waals surface area contributed by atoms with Gasteiger partial charge in [-0.25, -0.2) is 4.79 Å². The van der Waals surface area contributed by atoms with Gasteiger partial charge in [0.15, 0.2) is 18.1 Å². The van der Waals surface area contributed by atoms with Crippen LogP contribution in [0, 0.1) is 12.8 Å². The highest BCUT2D eigenvalue weighted by Gasteiger charge is 2.51. The molecule has 5 atom stereocenters. The third-order valence-electron chi connectivity index (χ3n) is 5.09. The van der Waals surface area contributed by atoms with E-state index >= 15 is 0 Å². The molecule has 0 spiro atoms. The van der Waals surface area contributed by atoms with Crippen molar-refractivity contribution in [2.75, 3.05) is 5.73 Å². The monoisotopic (exact) mass is 467 g/mol. The van der Waals surface area contributed by atoms with Gasteiger partial charge >= 0.3 is 5.69 Å². The molecule has 1 aliphatic rings. The Morgan fingerprint density at radius 2 is 1.81 bits per heavy atom. The van der Waals surface area contributed by atoms with Gasteiger partial charge in [-0.05, 0) is 25.1 Å². The topological polar surface area (TPSA) is 171 Å². The number of hydrogen-bond acceptors (Lipinski definition) is 10. The summed E-state index contributed by atoms with van der Waals surface area (Å²) in [5.41, 5.74) is 5.42. The molecule has 32 heavy (non-hydrogen) atoms. The van der Waals surface area contributed by atoms with Gasteiger partial charge in [0, 0.05) is 12.1 Å². The molecule has 12 heteroatoms. The van der Waals surface area contributed by atoms with Gasteiger partial charge in [-0.1, -0.05) is 31.5 Å². The molecule has 1 saturated heterocycles. The van der Waals surface area contributed by atoms with E-state index in [0.717, 1.165) is 10.1 Å². The zero-order valence-corrected chi connectivity index (χ0v) is 18.5. The maximum Gasteiger partial charge on any atom is 0.351 e. The molecule has 174 valence electrons. The molecule has 2 heterocycles. The van der Waals surface area contributed by atoms with Crippen LogP contribution in [0.15, 0.2) is 46.2 Å². The number of rotatable bonds is 7. The lowest BCUT2D eigenvalue weighted by Crippen LogP contribution is -2.46. The van der Waals surface area contributed by atoms with Gasteiger partial charge in [0.2, 0.25) is 0 Å². The number of ether oxygens (including phenoxy) is 1. The van der Waals surface area contributed by atoms with Gasteiger partial charge in [0.05, 0.1) is 4.90 Å². The normalized spacial score (nSPS) is 24.6. The molecule has 0 bridgehead atoms. The van der Waals surface area contributed by atoms with Crippen molar-refractivity contribution in [2.45, 2.75) is 56.3 Å². The van der Waals surface area contributed by atoms with Crippen molar-refractivity contribution in [3.63, 3.8) is 0 Å². The zero-order valence-electron chi connectivity index (χ0n) is 17.7. The van der Waals surface area contributed by atoms with E-state index < -0.39 is 58.2 Å². The molecule has 1 unspecified atom stereocenters. The minimum Gasteiger partial charge on any atom is -0.387 e. The summed E-state index contributed by atoms with van der Waals surface area (Å²) in [4.78, 5) is 28.3. The summed E-state index contributed by atoms with van der Waals surface area (Å²) in [5, 5.41) is 21.1. The van der Waals surface area contributed by atoms with E-state index in [1.807, 2.05) is 0 Å². The maximum atomic E-state index is 12.8. The molecule has 0 saturated carbocycles. The second kappa shape index (κ2) is 9.08. The van der Waals surface area contributed by atoms with Crippen molar-refractivity contribution in [1.29, 1.82) is 0 Å². The third-order valence-corrected chi connectivity index (χ3v) is 6.40. The minimum atomic E-state index is -4.42. The smallest absolute Gasteiger partial charge is 0.351 e. The lowest BCUT2D eigenvalue weighted by molar-refractivity contribution is -0.141. The molecule has 1 aromatic heterocycles. The van der Waals surface area contributed by atoms with Gasteiger partial charge in [-0.2, -0.15) is 13.4 Å². The van der Waals surface area contributed by atoms with Crippen molar-refractivity contribution >= 4 is 21.7 Å². The zero-order chi connectivity index (χ0) is 23.8. The lowest BCUT2D eigenvalue weighted by atomic mass is 9.96. The molecule has 0 aliphatic carbocycles. The van der Waals surface area contributed by atoms with Crippen molar-refractivity contribution in [3.8, 4) is 0 Å². The maximum absolute atomic E-state index is 12.8. The predicted octanol–water partition coefficient (Wildman–Crippen LogP) is -0.248. The number of aliphatic hydroxyl groups excluding tert-OH is 2. The van der Waals surface area contributed by atoms with E-state index in [2.05, 4.69) is 4.98 Å². The number of ketones is 1. The summed E-state index contributed by atoms with van der Waals surface area (Å²) >= 11 is 0. The second-order valence-corrected chi connectivity index (χ2v) is 9.43. The number of nitrogens with zero attached hydrogens (tertiary/aromatic N) is 2. The number of Topliss-reactive ketones (excluding diaryl/α,β-unsaturated/α-hetero) is 1. The van der Waals surface area contributed by atoms with E-state index in [1.165, 1.54) is 38.2 Å². The highest BCUT2D eigenvalue weighted by Crippen LogP contribution is 2.33. The summed E-state index contributed by atoms with van der Waals surface area (Å²) < 4.78 is 37.3. The first kappa shape index (κ1) is 24.0. The fourth-order valence-electron chi connectivity index (χ4n) is 3.27. The van der Waals surface area contributed by atoms with Gasteiger partial charge in [0.25, 0.3) is 10.1 Å². The summed E-state index contributed by atoms with van der Waals surface area (Å²) in [5.74, 6) is -1.40. The van der Waals surface area contributed by atoms with Crippen molar-refractivity contribution < 1.29 is 32.3 Å². The van der Waals surface area contributed by atoms with E-state index in [1.54, 1.807) is 19.1 Å². The first-order valence-corrected chi connectivity index (χ1v) is 11.2. The number of aromatic nitrogens is 2. The Balaban J connectivity index is 1.96. The molecular weight excluding hydrogens is 442 g/mol. The summed E-state index contributed by atoms with van der Waals surface area (Å²) in [6.07, 6.45) is -6.98. The first-order chi connectivity index (χ1) is 14.9. The van der Waals surface area contributed by atoms with Gasteiger partial charge in [-0.3, -0.25) is 13.5 Å². The summed E-state index contributed by atoms with van der Waals surface area (Å²) in [6.45, 7) is 4.84. The van der Waals surface area contributed by atoms with Crippen LogP contribution in [-0.2, 0) is 23.8 Å². The van der Waals surface area contributed by atoms with Crippen LogP contribution in [0.2, 0.25) is 0 Å². The van der Waals surface area contributed by atoms with Gasteiger partial charge in [-0.15, -0.1) is 0 Å². The first-order valence-electron chi connectivity index (χ1n) is 9.82. The number of carbonyl (C=O) groups excluding carboxylic acids is 1. The van der Waals surface area contributed by atoms with E-state index in [-0.39, 0.29) is 10.7 Å². The molecular formula is C20H25N3O8S. The molecule has 0 amide bonds. The molecule has 1 fully saturated rings. The predicted molar refractivity (Wildman–Crippen MR) is 112 cm³/mol. The Bertz CT molecular complexity index is 1150. The standard InChI is InChI=1S/C20H25N3O8S/c1-10(2)14(24)18(31-32(28,29)12-6-4-11(3)5-7-12)17-15(25)16(26)19(30-17)23-9-8-13(21)22-20(23)27/h4-10,15-19,25-26H,1-3H3,(H2,21,22,27)/t15-,16+,17-,18?,19+/m0/s1. The SMILES string of the molecule is Cc1ccc(S(=O)(=O)OC(C(=O)C(C)C)[C@H]2O[C@@H](n3ccc(N)nc3=O)[C@H](O)[C@@H]2O)cc1. The number of carbonyl (C=O) groups is 1. The molecule has 11 nitrogen and oxygen atoms in total. The Hall–Kier alpha value is -2.64. The fourth-order valence-corrected chi connectivity index (χ4v) is 4.33. The van der Waals surface area contributed by atoms with E-state index in [4.69, 9.17) is 14.7 Å². The summed E-state index contributed by atoms with van der Waals surface area (Å²) in [6, 6.07) is 7.06. The number of hydrogen-bond donors (Lipinski definition) is 3. The van der Waals surface area contributed by atoms with Crippen molar-refractivity contribution in [2.24, 2.45) is 5.92 Å². The van der Waals surface area contributed by atoms with Crippen LogP contribution >= 0.6 is 0 Å². The minimum absolute atomic E-state index is 0.0591. The average Bonchev–Trinajstić information content (AvgIpc) is 3.01. The number of aliphatic hydroxyl groups is 2. The van der Waals surface area contributed by atoms with E-state index in [9.17, 15) is 28.2 Å². The number of anilines is 1. The molecule has 3 rings (SSSR count). The van der Waals surface area contributed by atoms with Crippen LogP contribution in [0.5, 0.6) is 0 Å². The molecule has 1 aliphatic heterocycles. The number of nitrogens with two attached hydrogens (primary N) is 1. The van der Waals surface area contributed by atoms with Crippen LogP contribution < -0.4 is 11.4 Å². The highest BCUT2D eigenvalue weighted by molar-refractivity contribution is 7.86. The Labute approximate surface area is 184 Å². The summed E-state index contributed by atoms with van der Waals surface area (Å²) in [7, 11) is -4.42. The molecule has 0 radical (unpaired) electrons.